The van der Waals surface area contributed by atoms with Crippen LogP contribution in [0.4, 0.5) is 0 Å². The molecule has 0 fully saturated rings. The third-order valence-corrected chi connectivity index (χ3v) is 12.9. The number of benzene rings is 9. The van der Waals surface area contributed by atoms with E-state index in [1.807, 2.05) is 0 Å². The molecule has 0 N–H and O–H groups in total. The molecule has 264 valence electrons. The van der Waals surface area contributed by atoms with Gasteiger partial charge in [0.2, 0.25) is 0 Å². The van der Waals surface area contributed by atoms with Crippen LogP contribution in [0, 0.1) is 0 Å². The van der Waals surface area contributed by atoms with Crippen molar-refractivity contribution in [2.75, 3.05) is 0 Å². The van der Waals surface area contributed by atoms with Crippen LogP contribution in [0.5, 0.6) is 0 Å². The lowest BCUT2D eigenvalue weighted by Crippen LogP contribution is -1.94. The predicted octanol–water partition coefficient (Wildman–Crippen LogP) is 14.6. The maximum absolute atomic E-state index is 6.76. The standard InChI is InChI=1S/C52H29N3OS/c1-2-13-33-28-34(21-20-30(33)10-1)49-51-50(39-16-7-8-19-45(39)57-51)54-52(53-49)40-17-9-18-43-46(40)38-25-24-35(29-44(38)56-43)55-41-26-22-31-11-3-5-14-36(31)47(41)48-37-15-6-4-12-32(37)23-27-42(48)55/h1-29H. The van der Waals surface area contributed by atoms with Crippen molar-refractivity contribution in [3.63, 3.8) is 0 Å². The molecule has 13 aromatic rings. The van der Waals surface area contributed by atoms with Crippen LogP contribution in [0.15, 0.2) is 180 Å². The number of rotatable bonds is 3. The largest absolute Gasteiger partial charge is 0.456 e. The topological polar surface area (TPSA) is 43.9 Å². The summed E-state index contributed by atoms with van der Waals surface area (Å²) < 4.78 is 11.4. The molecule has 4 heterocycles. The average molecular weight is 744 g/mol. The lowest BCUT2D eigenvalue weighted by Gasteiger charge is -2.10. The molecule has 0 aliphatic rings. The zero-order chi connectivity index (χ0) is 37.2. The smallest absolute Gasteiger partial charge is 0.161 e. The van der Waals surface area contributed by atoms with Crippen molar-refractivity contribution >= 4 is 108 Å². The molecular weight excluding hydrogens is 715 g/mol. The molecule has 5 heteroatoms. The quantitative estimate of drug-likeness (QED) is 0.181. The van der Waals surface area contributed by atoms with E-state index in [9.17, 15) is 0 Å². The molecule has 0 aliphatic carbocycles. The molecule has 13 rings (SSSR count). The van der Waals surface area contributed by atoms with Gasteiger partial charge in [0.15, 0.2) is 5.82 Å². The second kappa shape index (κ2) is 11.6. The molecule has 4 nitrogen and oxygen atoms in total. The van der Waals surface area contributed by atoms with E-state index in [0.29, 0.717) is 5.82 Å². The highest BCUT2D eigenvalue weighted by atomic mass is 32.1. The summed E-state index contributed by atoms with van der Waals surface area (Å²) in [6.07, 6.45) is 0. The minimum atomic E-state index is 0.688. The Labute approximate surface area is 329 Å². The van der Waals surface area contributed by atoms with Crippen molar-refractivity contribution in [2.24, 2.45) is 0 Å². The van der Waals surface area contributed by atoms with E-state index in [2.05, 4.69) is 180 Å². The zero-order valence-electron chi connectivity index (χ0n) is 30.4. The summed E-state index contributed by atoms with van der Waals surface area (Å²) in [6.45, 7) is 0. The first-order valence-electron chi connectivity index (χ1n) is 19.2. The monoisotopic (exact) mass is 743 g/mol. The molecule has 0 saturated carbocycles. The highest BCUT2D eigenvalue weighted by Crippen LogP contribution is 2.44. The molecule has 57 heavy (non-hydrogen) atoms. The number of hydrogen-bond acceptors (Lipinski definition) is 4. The summed E-state index contributed by atoms with van der Waals surface area (Å²) in [6, 6.07) is 63.0. The van der Waals surface area contributed by atoms with Gasteiger partial charge in [-0.25, -0.2) is 9.97 Å². The number of hydrogen-bond donors (Lipinski definition) is 0. The molecule has 0 unspecified atom stereocenters. The van der Waals surface area contributed by atoms with Crippen LogP contribution in [-0.4, -0.2) is 14.5 Å². The SMILES string of the molecule is c1ccc2cc(-c3nc(-c4cccc5oc6cc(-n7c8ccc9ccccc9c8c8c9ccccc9ccc87)ccc6c45)nc4c3sc3ccccc34)ccc2c1. The second-order valence-electron chi connectivity index (χ2n) is 14.9. The first kappa shape index (κ1) is 30.9. The summed E-state index contributed by atoms with van der Waals surface area (Å²) in [5, 5.41) is 13.1. The van der Waals surface area contributed by atoms with E-state index < -0.39 is 0 Å². The Morgan fingerprint density at radius 1 is 0.456 bits per heavy atom. The second-order valence-corrected chi connectivity index (χ2v) is 15.9. The Bertz CT molecular complexity index is 3740. The fraction of sp³-hybridized carbons (Fsp3) is 0. The lowest BCUT2D eigenvalue weighted by atomic mass is 10.00. The molecule has 0 radical (unpaired) electrons. The third kappa shape index (κ3) is 4.43. The minimum Gasteiger partial charge on any atom is -0.456 e. The van der Waals surface area contributed by atoms with E-state index in [1.54, 1.807) is 11.3 Å². The Hall–Kier alpha value is -7.34. The van der Waals surface area contributed by atoms with Crippen molar-refractivity contribution in [3.05, 3.63) is 176 Å². The van der Waals surface area contributed by atoms with E-state index in [4.69, 9.17) is 14.4 Å². The first-order chi connectivity index (χ1) is 28.2. The summed E-state index contributed by atoms with van der Waals surface area (Å²) in [7, 11) is 0. The van der Waals surface area contributed by atoms with Crippen molar-refractivity contribution in [1.82, 2.24) is 14.5 Å². The van der Waals surface area contributed by atoms with Gasteiger partial charge in [0, 0.05) is 54.5 Å². The predicted molar refractivity (Wildman–Crippen MR) is 240 cm³/mol. The van der Waals surface area contributed by atoms with Crippen LogP contribution in [0.2, 0.25) is 0 Å². The van der Waals surface area contributed by atoms with Gasteiger partial charge in [-0.3, -0.25) is 0 Å². The maximum Gasteiger partial charge on any atom is 0.161 e. The van der Waals surface area contributed by atoms with Gasteiger partial charge in [-0.05, 0) is 74.8 Å². The molecule has 0 aliphatic heterocycles. The van der Waals surface area contributed by atoms with Gasteiger partial charge in [-0.2, -0.15) is 0 Å². The molecular formula is C52H29N3OS. The summed E-state index contributed by atoms with van der Waals surface area (Å²) in [4.78, 5) is 10.8. The van der Waals surface area contributed by atoms with E-state index >= 15 is 0 Å². The van der Waals surface area contributed by atoms with Gasteiger partial charge in [0.05, 0.1) is 26.9 Å². The van der Waals surface area contributed by atoms with Crippen molar-refractivity contribution < 1.29 is 4.42 Å². The van der Waals surface area contributed by atoms with Gasteiger partial charge in [-0.1, -0.05) is 127 Å². The van der Waals surface area contributed by atoms with Crippen LogP contribution in [0.25, 0.3) is 125 Å². The van der Waals surface area contributed by atoms with Crippen LogP contribution >= 0.6 is 11.3 Å². The van der Waals surface area contributed by atoms with Crippen molar-refractivity contribution in [2.45, 2.75) is 0 Å². The Morgan fingerprint density at radius 3 is 1.89 bits per heavy atom. The fourth-order valence-electron chi connectivity index (χ4n) is 9.21. The summed E-state index contributed by atoms with van der Waals surface area (Å²) in [5.41, 5.74) is 8.97. The molecule has 0 atom stereocenters. The number of nitrogens with zero attached hydrogens (tertiary/aromatic N) is 3. The van der Waals surface area contributed by atoms with E-state index in [0.717, 1.165) is 60.0 Å². The summed E-state index contributed by atoms with van der Waals surface area (Å²) in [5.74, 6) is 0.688. The molecule has 0 saturated heterocycles. The highest BCUT2D eigenvalue weighted by molar-refractivity contribution is 7.26. The Kier molecular flexibility index (Phi) is 6.29. The van der Waals surface area contributed by atoms with Gasteiger partial charge in [0.25, 0.3) is 0 Å². The van der Waals surface area contributed by atoms with Crippen LogP contribution in [-0.2, 0) is 0 Å². The number of furan rings is 1. The third-order valence-electron chi connectivity index (χ3n) is 11.8. The van der Waals surface area contributed by atoms with Gasteiger partial charge in [0.1, 0.15) is 11.2 Å². The normalized spacial score (nSPS) is 12.2. The van der Waals surface area contributed by atoms with Crippen LogP contribution < -0.4 is 0 Å². The van der Waals surface area contributed by atoms with E-state index in [-0.39, 0.29) is 0 Å². The number of thiophene rings is 1. The Balaban J connectivity index is 1.05. The molecule has 0 bridgehead atoms. The molecule has 0 spiro atoms. The highest BCUT2D eigenvalue weighted by Gasteiger charge is 2.22. The summed E-state index contributed by atoms with van der Waals surface area (Å²) >= 11 is 1.76. The molecule has 0 amide bonds. The zero-order valence-corrected chi connectivity index (χ0v) is 31.2. The molecule has 4 aromatic heterocycles. The average Bonchev–Trinajstić information content (AvgIpc) is 3.95. The Morgan fingerprint density at radius 2 is 1.12 bits per heavy atom. The minimum absolute atomic E-state index is 0.688. The lowest BCUT2D eigenvalue weighted by molar-refractivity contribution is 0.668. The molecule has 9 aromatic carbocycles. The fourth-order valence-corrected chi connectivity index (χ4v) is 10.4. The van der Waals surface area contributed by atoms with Gasteiger partial charge in [-0.15, -0.1) is 11.3 Å². The number of aromatic nitrogens is 3. The van der Waals surface area contributed by atoms with Crippen LogP contribution in [0.3, 0.4) is 0 Å². The van der Waals surface area contributed by atoms with Crippen molar-refractivity contribution in [3.8, 4) is 28.3 Å². The maximum atomic E-state index is 6.76. The van der Waals surface area contributed by atoms with Gasteiger partial charge < -0.3 is 8.98 Å². The van der Waals surface area contributed by atoms with E-state index in [1.165, 1.54) is 58.8 Å². The van der Waals surface area contributed by atoms with Crippen LogP contribution in [0.1, 0.15) is 0 Å². The van der Waals surface area contributed by atoms with Gasteiger partial charge >= 0.3 is 0 Å². The van der Waals surface area contributed by atoms with Crippen molar-refractivity contribution in [1.29, 1.82) is 0 Å². The number of fused-ring (bicyclic) bond motifs is 14. The first-order valence-corrected chi connectivity index (χ1v) is 20.0.